The normalized spacial score (nSPS) is 18.4. The number of hydrogen-bond donors (Lipinski definition) is 1. The van der Waals surface area contributed by atoms with Crippen LogP contribution in [0.3, 0.4) is 0 Å². The molecule has 2 aromatic rings. The Labute approximate surface area is 166 Å². The molecule has 2 fully saturated rings. The average Bonchev–Trinajstić information content (AvgIpc) is 3.26. The van der Waals surface area contributed by atoms with E-state index in [4.69, 9.17) is 15.1 Å². The van der Waals surface area contributed by atoms with E-state index in [1.165, 1.54) is 12.8 Å². The van der Waals surface area contributed by atoms with Gasteiger partial charge in [-0.15, -0.1) is 0 Å². The zero-order valence-corrected chi connectivity index (χ0v) is 16.5. The lowest BCUT2D eigenvalue weighted by Crippen LogP contribution is -2.47. The number of likely N-dealkylation sites (N-methyl/N-ethyl adjacent to an activating group) is 1. The number of piperidine rings is 1. The quantitative estimate of drug-likeness (QED) is 0.822. The molecule has 2 aliphatic rings. The number of anilines is 2. The highest BCUT2D eigenvalue weighted by atomic mass is 16.4. The van der Waals surface area contributed by atoms with E-state index in [-0.39, 0.29) is 6.54 Å². The largest absolute Gasteiger partial charge is 0.480 e. The lowest BCUT2D eigenvalue weighted by atomic mass is 10.0. The lowest BCUT2D eigenvalue weighted by Gasteiger charge is -2.38. The first-order chi connectivity index (χ1) is 13.7. The number of hydrogen-bond acceptors (Lipinski definition) is 6. The van der Waals surface area contributed by atoms with E-state index in [0.29, 0.717) is 6.04 Å². The standard InChI is InChI=1S/C21H29N5O2/c1-2-24(15-19(27)28)16-9-13-26(14-10-16)21-20(25-11-5-6-12-25)22-17-7-3-4-8-18(17)23-21/h3-4,7-8,16H,2,5-6,9-15H2,1H3,(H,27,28). The monoisotopic (exact) mass is 383 g/mol. The van der Waals surface area contributed by atoms with Crippen molar-refractivity contribution in [1.29, 1.82) is 0 Å². The number of nitrogens with zero attached hydrogens (tertiary/aromatic N) is 5. The van der Waals surface area contributed by atoms with Crippen LogP contribution in [-0.4, -0.2) is 71.3 Å². The van der Waals surface area contributed by atoms with Gasteiger partial charge in [-0.2, -0.15) is 0 Å². The van der Waals surface area contributed by atoms with Gasteiger partial charge in [0.25, 0.3) is 0 Å². The molecular weight excluding hydrogens is 354 g/mol. The maximum Gasteiger partial charge on any atom is 0.317 e. The fourth-order valence-electron chi connectivity index (χ4n) is 4.45. The molecule has 2 aliphatic heterocycles. The number of benzene rings is 1. The van der Waals surface area contributed by atoms with Gasteiger partial charge in [-0.05, 0) is 44.4 Å². The van der Waals surface area contributed by atoms with E-state index in [2.05, 4.69) is 14.7 Å². The highest BCUT2D eigenvalue weighted by molar-refractivity contribution is 5.81. The van der Waals surface area contributed by atoms with Crippen molar-refractivity contribution in [2.75, 3.05) is 49.1 Å². The molecule has 2 saturated heterocycles. The Hall–Kier alpha value is -2.41. The van der Waals surface area contributed by atoms with E-state index in [1.807, 2.05) is 31.2 Å². The van der Waals surface area contributed by atoms with Gasteiger partial charge in [-0.25, -0.2) is 9.97 Å². The summed E-state index contributed by atoms with van der Waals surface area (Å²) in [6, 6.07) is 8.40. The van der Waals surface area contributed by atoms with E-state index < -0.39 is 5.97 Å². The van der Waals surface area contributed by atoms with E-state index >= 15 is 0 Å². The van der Waals surface area contributed by atoms with Crippen molar-refractivity contribution in [2.45, 2.75) is 38.6 Å². The van der Waals surface area contributed by atoms with Crippen molar-refractivity contribution in [3.05, 3.63) is 24.3 Å². The highest BCUT2D eigenvalue weighted by Gasteiger charge is 2.29. The first kappa shape index (κ1) is 18.9. The Morgan fingerprint density at radius 2 is 1.57 bits per heavy atom. The molecule has 4 rings (SSSR count). The van der Waals surface area contributed by atoms with Gasteiger partial charge in [0.05, 0.1) is 17.6 Å². The second-order valence-electron chi connectivity index (χ2n) is 7.73. The van der Waals surface area contributed by atoms with Crippen LogP contribution in [0.5, 0.6) is 0 Å². The van der Waals surface area contributed by atoms with Crippen LogP contribution in [0.4, 0.5) is 11.6 Å². The molecule has 0 radical (unpaired) electrons. The highest BCUT2D eigenvalue weighted by Crippen LogP contribution is 2.32. The van der Waals surface area contributed by atoms with Crippen molar-refractivity contribution < 1.29 is 9.90 Å². The summed E-state index contributed by atoms with van der Waals surface area (Å²) in [5, 5.41) is 9.16. The molecule has 0 spiro atoms. The number of aliphatic carboxylic acids is 1. The van der Waals surface area contributed by atoms with E-state index in [0.717, 1.165) is 68.2 Å². The third-order valence-corrected chi connectivity index (χ3v) is 5.96. The summed E-state index contributed by atoms with van der Waals surface area (Å²) in [7, 11) is 0. The molecule has 3 heterocycles. The van der Waals surface area contributed by atoms with Gasteiger partial charge in [0.1, 0.15) is 0 Å². The second-order valence-corrected chi connectivity index (χ2v) is 7.73. The minimum absolute atomic E-state index is 0.121. The van der Waals surface area contributed by atoms with Crippen LogP contribution in [0.1, 0.15) is 32.6 Å². The predicted molar refractivity (Wildman–Crippen MR) is 111 cm³/mol. The first-order valence-corrected chi connectivity index (χ1v) is 10.4. The molecule has 0 atom stereocenters. The van der Waals surface area contributed by atoms with Crippen molar-refractivity contribution in [3.63, 3.8) is 0 Å². The molecular formula is C21H29N5O2. The molecule has 0 unspecified atom stereocenters. The molecule has 1 aromatic carbocycles. The van der Waals surface area contributed by atoms with Crippen LogP contribution < -0.4 is 9.80 Å². The van der Waals surface area contributed by atoms with Gasteiger partial charge >= 0.3 is 5.97 Å². The maximum atomic E-state index is 11.1. The third-order valence-electron chi connectivity index (χ3n) is 5.96. The molecule has 0 saturated carbocycles. The number of fused-ring (bicyclic) bond motifs is 1. The number of aromatic nitrogens is 2. The van der Waals surface area contributed by atoms with Gasteiger partial charge in [0.2, 0.25) is 0 Å². The number of carboxylic acids is 1. The Balaban J connectivity index is 1.57. The Morgan fingerprint density at radius 1 is 1.04 bits per heavy atom. The molecule has 7 heteroatoms. The number of rotatable bonds is 6. The van der Waals surface area contributed by atoms with E-state index in [9.17, 15) is 4.79 Å². The zero-order valence-electron chi connectivity index (χ0n) is 16.5. The van der Waals surface area contributed by atoms with Gasteiger partial charge in [0.15, 0.2) is 11.6 Å². The van der Waals surface area contributed by atoms with Gasteiger partial charge in [0, 0.05) is 32.2 Å². The topological polar surface area (TPSA) is 72.8 Å². The molecule has 0 aliphatic carbocycles. The molecule has 0 bridgehead atoms. The average molecular weight is 383 g/mol. The van der Waals surface area contributed by atoms with Crippen LogP contribution in [0.15, 0.2) is 24.3 Å². The van der Waals surface area contributed by atoms with Crippen molar-refractivity contribution >= 4 is 28.6 Å². The Bertz CT molecular complexity index is 829. The number of carbonyl (C=O) groups is 1. The van der Waals surface area contributed by atoms with Crippen LogP contribution in [-0.2, 0) is 4.79 Å². The summed E-state index contributed by atoms with van der Waals surface area (Å²) in [5.74, 6) is 1.24. The molecule has 1 aromatic heterocycles. The second kappa shape index (κ2) is 8.31. The molecule has 150 valence electrons. The summed E-state index contributed by atoms with van der Waals surface area (Å²) < 4.78 is 0. The molecule has 0 amide bonds. The zero-order chi connectivity index (χ0) is 19.5. The fraction of sp³-hybridized carbons (Fsp3) is 0.571. The summed E-state index contributed by atoms with van der Waals surface area (Å²) in [6.45, 7) is 6.78. The fourth-order valence-corrected chi connectivity index (χ4v) is 4.45. The minimum Gasteiger partial charge on any atom is -0.480 e. The Morgan fingerprint density at radius 3 is 2.07 bits per heavy atom. The Kier molecular flexibility index (Phi) is 5.62. The first-order valence-electron chi connectivity index (χ1n) is 10.4. The predicted octanol–water partition coefficient (Wildman–Crippen LogP) is 2.61. The lowest BCUT2D eigenvalue weighted by molar-refractivity contribution is -0.139. The maximum absolute atomic E-state index is 11.1. The summed E-state index contributed by atoms with van der Waals surface area (Å²) in [5.41, 5.74) is 1.88. The van der Waals surface area contributed by atoms with Crippen molar-refractivity contribution in [1.82, 2.24) is 14.9 Å². The number of carboxylic acid groups (broad SMARTS) is 1. The summed E-state index contributed by atoms with van der Waals surface area (Å²) >= 11 is 0. The van der Waals surface area contributed by atoms with Crippen LogP contribution in [0, 0.1) is 0 Å². The van der Waals surface area contributed by atoms with Gasteiger partial charge in [-0.1, -0.05) is 19.1 Å². The van der Waals surface area contributed by atoms with Crippen LogP contribution in [0.2, 0.25) is 0 Å². The van der Waals surface area contributed by atoms with Gasteiger partial charge in [-0.3, -0.25) is 9.69 Å². The van der Waals surface area contributed by atoms with Gasteiger partial charge < -0.3 is 14.9 Å². The molecule has 7 nitrogen and oxygen atoms in total. The molecule has 28 heavy (non-hydrogen) atoms. The summed E-state index contributed by atoms with van der Waals surface area (Å²) in [4.78, 5) is 27.9. The van der Waals surface area contributed by atoms with Crippen LogP contribution >= 0.6 is 0 Å². The van der Waals surface area contributed by atoms with Crippen LogP contribution in [0.25, 0.3) is 11.0 Å². The minimum atomic E-state index is -0.749. The van der Waals surface area contributed by atoms with E-state index in [1.54, 1.807) is 0 Å². The SMILES string of the molecule is CCN(CC(=O)O)C1CCN(c2nc3ccccc3nc2N2CCCC2)CC1. The third kappa shape index (κ3) is 3.90. The summed E-state index contributed by atoms with van der Waals surface area (Å²) in [6.07, 6.45) is 4.32. The van der Waals surface area contributed by atoms with Crippen molar-refractivity contribution in [3.8, 4) is 0 Å². The number of para-hydroxylation sites is 2. The van der Waals surface area contributed by atoms with Crippen molar-refractivity contribution in [2.24, 2.45) is 0 Å². The smallest absolute Gasteiger partial charge is 0.317 e. The molecule has 1 N–H and O–H groups in total.